The van der Waals surface area contributed by atoms with Crippen LogP contribution in [0.2, 0.25) is 0 Å². The molecule has 4 rings (SSSR count). The molecule has 0 aliphatic heterocycles. The molecule has 3 aromatic rings. The molecular formula is C23H26N2O2S. The molecule has 5 heteroatoms. The number of hydrogen-bond acceptors (Lipinski definition) is 5. The lowest BCUT2D eigenvalue weighted by molar-refractivity contribution is 0.401. The van der Waals surface area contributed by atoms with Gasteiger partial charge in [-0.15, -0.1) is 0 Å². The fraction of sp³-hybridized carbons (Fsp3) is 0.391. The van der Waals surface area contributed by atoms with Crippen LogP contribution < -0.4 is 14.8 Å². The zero-order valence-electron chi connectivity index (χ0n) is 16.2. The Bertz CT molecular complexity index is 1010. The highest BCUT2D eigenvalue weighted by Crippen LogP contribution is 2.38. The van der Waals surface area contributed by atoms with Crippen LogP contribution >= 0.6 is 11.3 Å². The molecule has 2 aromatic carbocycles. The Hall–Kier alpha value is -2.24. The minimum atomic E-state index is 0.0825. The van der Waals surface area contributed by atoms with Gasteiger partial charge in [-0.1, -0.05) is 29.5 Å². The molecule has 0 spiro atoms. The van der Waals surface area contributed by atoms with Gasteiger partial charge in [0.15, 0.2) is 0 Å². The number of ether oxygens (including phenoxy) is 1. The third kappa shape index (κ3) is 4.10. The van der Waals surface area contributed by atoms with Gasteiger partial charge in [-0.2, -0.15) is 0 Å². The maximum absolute atomic E-state index is 11.8. The van der Waals surface area contributed by atoms with Crippen molar-refractivity contribution in [1.82, 2.24) is 10.3 Å². The summed E-state index contributed by atoms with van der Waals surface area (Å²) in [6.45, 7) is 1.95. The summed E-state index contributed by atoms with van der Waals surface area (Å²) in [5.74, 6) is 1.66. The summed E-state index contributed by atoms with van der Waals surface area (Å²) in [5.41, 5.74) is 6.53. The monoisotopic (exact) mass is 394 g/mol. The van der Waals surface area contributed by atoms with E-state index in [0.29, 0.717) is 5.92 Å². The van der Waals surface area contributed by atoms with Crippen molar-refractivity contribution in [1.29, 1.82) is 0 Å². The Balaban J connectivity index is 1.30. The molecule has 1 aliphatic carbocycles. The quantitative estimate of drug-likeness (QED) is 0.607. The Morgan fingerprint density at radius 3 is 3.07 bits per heavy atom. The van der Waals surface area contributed by atoms with E-state index in [4.69, 9.17) is 4.74 Å². The fourth-order valence-corrected chi connectivity index (χ4v) is 4.81. The average molecular weight is 395 g/mol. The zero-order valence-corrected chi connectivity index (χ0v) is 17.1. The molecule has 0 saturated heterocycles. The number of fused-ring (bicyclic) bond motifs is 2. The topological polar surface area (TPSA) is 51.2 Å². The minimum Gasteiger partial charge on any atom is -0.496 e. The van der Waals surface area contributed by atoms with Gasteiger partial charge in [0.25, 0.3) is 0 Å². The summed E-state index contributed by atoms with van der Waals surface area (Å²) < 4.78 is 5.63. The van der Waals surface area contributed by atoms with Crippen molar-refractivity contribution >= 4 is 22.2 Å². The predicted octanol–water partition coefficient (Wildman–Crippen LogP) is 4.31. The molecular weight excluding hydrogens is 368 g/mol. The smallest absolute Gasteiger partial charge is 0.243 e. The summed E-state index contributed by atoms with van der Waals surface area (Å²) in [4.78, 5) is 16.2. The lowest BCUT2D eigenvalue weighted by Gasteiger charge is -2.27. The number of nitrogens with zero attached hydrogens (tertiary/aromatic N) is 1. The van der Waals surface area contributed by atoms with Gasteiger partial charge < -0.3 is 10.1 Å². The van der Waals surface area contributed by atoms with Crippen LogP contribution in [0.25, 0.3) is 10.9 Å². The maximum Gasteiger partial charge on any atom is 0.243 e. The van der Waals surface area contributed by atoms with Gasteiger partial charge in [-0.25, -0.2) is 4.98 Å². The van der Waals surface area contributed by atoms with Crippen LogP contribution in [0.5, 0.6) is 5.75 Å². The van der Waals surface area contributed by atoms with Gasteiger partial charge in [0.2, 0.25) is 4.74 Å². The van der Waals surface area contributed by atoms with E-state index in [2.05, 4.69) is 28.5 Å². The van der Waals surface area contributed by atoms with Crippen LogP contribution in [-0.4, -0.2) is 25.2 Å². The van der Waals surface area contributed by atoms with Crippen molar-refractivity contribution in [3.05, 3.63) is 68.1 Å². The Morgan fingerprint density at radius 2 is 2.18 bits per heavy atom. The second-order valence-corrected chi connectivity index (χ2v) is 8.21. The predicted molar refractivity (Wildman–Crippen MR) is 116 cm³/mol. The lowest BCUT2D eigenvalue weighted by Crippen LogP contribution is -2.22. The molecule has 0 fully saturated rings. The highest BCUT2D eigenvalue weighted by Gasteiger charge is 2.22. The zero-order chi connectivity index (χ0) is 19.3. The molecule has 1 N–H and O–H groups in total. The van der Waals surface area contributed by atoms with Gasteiger partial charge >= 0.3 is 0 Å². The standard InChI is InChI=1S/C23H26N2O2S/c1-27-22-7-3-5-18-17(4-2-6-19(18)22)11-13-24-12-10-16-8-9-20-21(14-16)25-15-28-23(20)26/h3,5,7-9,14-15,17,24H,2,4,6,10-13H2,1H3. The number of rotatable bonds is 7. The van der Waals surface area contributed by atoms with E-state index in [1.165, 1.54) is 29.5 Å². The van der Waals surface area contributed by atoms with Gasteiger partial charge in [0.1, 0.15) is 5.75 Å². The summed E-state index contributed by atoms with van der Waals surface area (Å²) in [5, 5.41) is 4.31. The van der Waals surface area contributed by atoms with Crippen molar-refractivity contribution < 1.29 is 4.74 Å². The normalized spacial score (nSPS) is 16.1. The van der Waals surface area contributed by atoms with E-state index in [0.717, 1.165) is 60.3 Å². The molecule has 0 saturated carbocycles. The number of hydrogen-bond donors (Lipinski definition) is 1. The molecule has 28 heavy (non-hydrogen) atoms. The van der Waals surface area contributed by atoms with Crippen LogP contribution in [-0.2, 0) is 12.8 Å². The van der Waals surface area contributed by atoms with E-state index in [1.54, 1.807) is 12.6 Å². The first-order chi connectivity index (χ1) is 13.8. The molecule has 0 bridgehead atoms. The maximum atomic E-state index is 11.8. The summed E-state index contributed by atoms with van der Waals surface area (Å²) in [6.07, 6.45) is 5.73. The summed E-state index contributed by atoms with van der Waals surface area (Å²) in [6, 6.07) is 12.5. The van der Waals surface area contributed by atoms with Crippen LogP contribution in [0.1, 0.15) is 41.9 Å². The van der Waals surface area contributed by atoms with Crippen LogP contribution in [0, 0.1) is 0 Å². The summed E-state index contributed by atoms with van der Waals surface area (Å²) >= 11 is 1.15. The van der Waals surface area contributed by atoms with E-state index in [-0.39, 0.29) is 4.74 Å². The molecule has 1 atom stereocenters. The molecule has 1 aromatic heterocycles. The van der Waals surface area contributed by atoms with Crippen molar-refractivity contribution in [3.8, 4) is 5.75 Å². The van der Waals surface area contributed by atoms with Gasteiger partial charge in [0, 0.05) is 0 Å². The average Bonchev–Trinajstić information content (AvgIpc) is 2.73. The van der Waals surface area contributed by atoms with Crippen LogP contribution in [0.4, 0.5) is 0 Å². The van der Waals surface area contributed by atoms with E-state index in [9.17, 15) is 4.79 Å². The Morgan fingerprint density at radius 1 is 1.25 bits per heavy atom. The molecule has 146 valence electrons. The molecule has 1 heterocycles. The number of aromatic nitrogens is 1. The van der Waals surface area contributed by atoms with Gasteiger partial charge in [-0.3, -0.25) is 4.79 Å². The third-order valence-electron chi connectivity index (χ3n) is 5.70. The van der Waals surface area contributed by atoms with Crippen LogP contribution in [0.3, 0.4) is 0 Å². The lowest BCUT2D eigenvalue weighted by atomic mass is 9.80. The molecule has 1 unspecified atom stereocenters. The first kappa shape index (κ1) is 19.1. The summed E-state index contributed by atoms with van der Waals surface area (Å²) in [7, 11) is 1.77. The Labute approximate surface area is 169 Å². The molecule has 4 nitrogen and oxygen atoms in total. The number of methoxy groups -OCH3 is 1. The fourth-order valence-electron chi connectivity index (χ4n) is 4.25. The van der Waals surface area contributed by atoms with Crippen LogP contribution in [0.15, 0.2) is 46.7 Å². The first-order valence-electron chi connectivity index (χ1n) is 9.99. The van der Waals surface area contributed by atoms with Crippen molar-refractivity contribution in [3.63, 3.8) is 0 Å². The largest absolute Gasteiger partial charge is 0.496 e. The van der Waals surface area contributed by atoms with Crippen molar-refractivity contribution in [2.45, 2.75) is 38.0 Å². The van der Waals surface area contributed by atoms with Gasteiger partial charge in [0.05, 0.1) is 23.5 Å². The number of benzene rings is 2. The van der Waals surface area contributed by atoms with Crippen molar-refractivity contribution in [2.24, 2.45) is 0 Å². The second-order valence-electron chi connectivity index (χ2n) is 7.40. The van der Waals surface area contributed by atoms with Crippen molar-refractivity contribution in [2.75, 3.05) is 20.2 Å². The van der Waals surface area contributed by atoms with E-state index < -0.39 is 0 Å². The highest BCUT2D eigenvalue weighted by molar-refractivity contribution is 7.07. The molecule has 0 amide bonds. The molecule has 0 radical (unpaired) electrons. The number of nitrogens with one attached hydrogen (secondary N) is 1. The SMILES string of the molecule is COc1cccc2c1CCCC2CCNCCc1ccc2c(=O)scnc2c1. The minimum absolute atomic E-state index is 0.0825. The third-order valence-corrected chi connectivity index (χ3v) is 6.35. The molecule has 1 aliphatic rings. The Kier molecular flexibility index (Phi) is 6.03. The highest BCUT2D eigenvalue weighted by atomic mass is 32.1. The second kappa shape index (κ2) is 8.84. The first-order valence-corrected chi connectivity index (χ1v) is 10.9. The van der Waals surface area contributed by atoms with E-state index in [1.807, 2.05) is 18.2 Å². The van der Waals surface area contributed by atoms with E-state index >= 15 is 0 Å². The van der Waals surface area contributed by atoms with Gasteiger partial charge in [-0.05, 0) is 86.0 Å².